The van der Waals surface area contributed by atoms with E-state index in [1.807, 2.05) is 0 Å². The van der Waals surface area contributed by atoms with Crippen LogP contribution in [0.1, 0.15) is 41.5 Å². The predicted molar refractivity (Wildman–Crippen MR) is 80.5 cm³/mol. The summed E-state index contributed by atoms with van der Waals surface area (Å²) in [6.07, 6.45) is 0. The van der Waals surface area contributed by atoms with Gasteiger partial charge in [-0.2, -0.15) is 0 Å². The van der Waals surface area contributed by atoms with Crippen molar-refractivity contribution in [3.05, 3.63) is 39.4 Å². The maximum Gasteiger partial charge on any atom is 0.343 e. The molecule has 0 unspecified atom stereocenters. The zero-order valence-electron chi connectivity index (χ0n) is 12.8. The number of carboxylic acids is 2. The van der Waals surface area contributed by atoms with Crippen LogP contribution in [-0.2, 0) is 0 Å². The molecule has 0 spiro atoms. The van der Waals surface area contributed by atoms with Crippen molar-refractivity contribution >= 4 is 17.6 Å². The fourth-order valence-electron chi connectivity index (χ4n) is 1.77. The van der Waals surface area contributed by atoms with Gasteiger partial charge in [-0.25, -0.2) is 9.59 Å². The molecule has 8 nitrogen and oxygen atoms in total. The quantitative estimate of drug-likeness (QED) is 0.610. The lowest BCUT2D eigenvalue weighted by Crippen LogP contribution is -2.21. The zero-order valence-corrected chi connectivity index (χ0v) is 12.8. The largest absolute Gasteiger partial charge is 0.478 e. The molecule has 2 N–H and O–H groups in total. The summed E-state index contributed by atoms with van der Waals surface area (Å²) in [6, 6.07) is 3.06. The molecule has 0 atom stereocenters. The highest BCUT2D eigenvalue weighted by molar-refractivity contribution is 6.04. The molecule has 0 radical (unpaired) electrons. The third kappa shape index (κ3) is 5.49. The van der Waals surface area contributed by atoms with Crippen molar-refractivity contribution in [1.82, 2.24) is 4.90 Å². The Morgan fingerprint density at radius 2 is 1.59 bits per heavy atom. The van der Waals surface area contributed by atoms with Gasteiger partial charge >= 0.3 is 11.9 Å². The molecule has 0 amide bonds. The van der Waals surface area contributed by atoms with E-state index >= 15 is 0 Å². The van der Waals surface area contributed by atoms with Crippen LogP contribution in [0.2, 0.25) is 0 Å². The number of nitrogens with zero attached hydrogens (tertiary/aromatic N) is 2. The Balaban J connectivity index is 0.000000534. The molecule has 0 aliphatic rings. The smallest absolute Gasteiger partial charge is 0.343 e. The van der Waals surface area contributed by atoms with E-state index in [2.05, 4.69) is 25.7 Å². The monoisotopic (exact) mass is 312 g/mol. The molecule has 1 rings (SSSR count). The van der Waals surface area contributed by atoms with Crippen molar-refractivity contribution in [1.29, 1.82) is 0 Å². The molecule has 0 aromatic heterocycles. The lowest BCUT2D eigenvalue weighted by Gasteiger charge is -2.13. The first-order valence-corrected chi connectivity index (χ1v) is 6.76. The molecular formula is C14H20N2O6. The van der Waals surface area contributed by atoms with Crippen molar-refractivity contribution in [2.24, 2.45) is 0 Å². The van der Waals surface area contributed by atoms with Crippen molar-refractivity contribution in [2.45, 2.75) is 20.8 Å². The minimum absolute atomic E-state index is 0.600. The van der Waals surface area contributed by atoms with E-state index in [1.54, 1.807) is 0 Å². The van der Waals surface area contributed by atoms with Crippen molar-refractivity contribution in [3.63, 3.8) is 0 Å². The Morgan fingerprint density at radius 3 is 1.86 bits per heavy atom. The second-order valence-corrected chi connectivity index (χ2v) is 4.19. The van der Waals surface area contributed by atoms with Crippen molar-refractivity contribution < 1.29 is 24.7 Å². The van der Waals surface area contributed by atoms with Gasteiger partial charge in [-0.05, 0) is 25.7 Å². The van der Waals surface area contributed by atoms with Gasteiger partial charge in [0.2, 0.25) is 0 Å². The third-order valence-corrected chi connectivity index (χ3v) is 3.03. The molecule has 1 aromatic rings. The van der Waals surface area contributed by atoms with Crippen LogP contribution >= 0.6 is 0 Å². The summed E-state index contributed by atoms with van der Waals surface area (Å²) in [5, 5.41) is 27.8. The van der Waals surface area contributed by atoms with Gasteiger partial charge in [-0.1, -0.05) is 26.8 Å². The van der Waals surface area contributed by atoms with E-state index in [0.717, 1.165) is 18.2 Å². The maximum absolute atomic E-state index is 10.7. The highest BCUT2D eigenvalue weighted by Crippen LogP contribution is 2.22. The van der Waals surface area contributed by atoms with Gasteiger partial charge in [-0.15, -0.1) is 0 Å². The van der Waals surface area contributed by atoms with Crippen LogP contribution in [0.3, 0.4) is 0 Å². The second kappa shape index (κ2) is 9.46. The average molecular weight is 312 g/mol. The Kier molecular flexibility index (Phi) is 8.39. The predicted octanol–water partition coefficient (Wildman–Crippen LogP) is 2.34. The molecular weight excluding hydrogens is 292 g/mol. The highest BCUT2D eigenvalue weighted by Gasteiger charge is 2.26. The van der Waals surface area contributed by atoms with Gasteiger partial charge in [0, 0.05) is 6.07 Å². The molecule has 0 fully saturated rings. The van der Waals surface area contributed by atoms with E-state index < -0.39 is 33.7 Å². The molecule has 0 saturated heterocycles. The summed E-state index contributed by atoms with van der Waals surface area (Å²) in [7, 11) is 0. The maximum atomic E-state index is 10.7. The summed E-state index contributed by atoms with van der Waals surface area (Å²) >= 11 is 0. The number of aromatic carboxylic acids is 2. The first-order chi connectivity index (χ1) is 10.3. The minimum atomic E-state index is -1.64. The van der Waals surface area contributed by atoms with Crippen molar-refractivity contribution in [2.75, 3.05) is 19.6 Å². The average Bonchev–Trinajstić information content (AvgIpc) is 2.48. The number of benzene rings is 1. The van der Waals surface area contributed by atoms with Crippen LogP contribution in [-0.4, -0.2) is 51.6 Å². The second-order valence-electron chi connectivity index (χ2n) is 4.19. The summed E-state index contributed by atoms with van der Waals surface area (Å²) < 4.78 is 0. The number of rotatable bonds is 6. The molecule has 0 heterocycles. The Morgan fingerprint density at radius 1 is 1.09 bits per heavy atom. The number of hydrogen-bond acceptors (Lipinski definition) is 5. The SMILES string of the molecule is CCN(CC)CC.O=C(O)c1cccc([N+](=O)[O-])c1C(=O)O. The Bertz CT molecular complexity index is 502. The van der Waals surface area contributed by atoms with Crippen LogP contribution in [0.4, 0.5) is 5.69 Å². The van der Waals surface area contributed by atoms with E-state index in [9.17, 15) is 19.7 Å². The van der Waals surface area contributed by atoms with E-state index in [-0.39, 0.29) is 0 Å². The molecule has 0 aliphatic carbocycles. The van der Waals surface area contributed by atoms with Crippen LogP contribution in [0.15, 0.2) is 18.2 Å². The fraction of sp³-hybridized carbons (Fsp3) is 0.429. The number of nitro groups is 1. The lowest BCUT2D eigenvalue weighted by atomic mass is 10.1. The van der Waals surface area contributed by atoms with Gasteiger partial charge in [0.1, 0.15) is 0 Å². The number of nitro benzene ring substituents is 1. The first-order valence-electron chi connectivity index (χ1n) is 6.76. The fourth-order valence-corrected chi connectivity index (χ4v) is 1.77. The van der Waals surface area contributed by atoms with Gasteiger partial charge in [-0.3, -0.25) is 10.1 Å². The molecule has 22 heavy (non-hydrogen) atoms. The Labute approximate surface area is 128 Å². The minimum Gasteiger partial charge on any atom is -0.478 e. The normalized spacial score (nSPS) is 9.82. The third-order valence-electron chi connectivity index (χ3n) is 3.03. The molecule has 8 heteroatoms. The molecule has 0 aliphatic heterocycles. The zero-order chi connectivity index (χ0) is 17.3. The van der Waals surface area contributed by atoms with E-state index in [4.69, 9.17) is 10.2 Å². The number of carbonyl (C=O) groups is 2. The Hall–Kier alpha value is -2.48. The summed E-state index contributed by atoms with van der Waals surface area (Å²) in [6.45, 7) is 10.1. The summed E-state index contributed by atoms with van der Waals surface area (Å²) in [4.78, 5) is 33.2. The van der Waals surface area contributed by atoms with Crippen LogP contribution in [0.5, 0.6) is 0 Å². The number of carboxylic acid groups (broad SMARTS) is 2. The van der Waals surface area contributed by atoms with Crippen LogP contribution in [0.25, 0.3) is 0 Å². The lowest BCUT2D eigenvalue weighted by molar-refractivity contribution is -0.385. The van der Waals surface area contributed by atoms with E-state index in [0.29, 0.717) is 0 Å². The van der Waals surface area contributed by atoms with Gasteiger partial charge < -0.3 is 15.1 Å². The molecule has 122 valence electrons. The van der Waals surface area contributed by atoms with Gasteiger partial charge in [0.15, 0.2) is 5.56 Å². The summed E-state index contributed by atoms with van der Waals surface area (Å²) in [5.41, 5.74) is -2.14. The van der Waals surface area contributed by atoms with Crippen molar-refractivity contribution in [3.8, 4) is 0 Å². The topological polar surface area (TPSA) is 121 Å². The van der Waals surface area contributed by atoms with E-state index in [1.165, 1.54) is 19.6 Å². The van der Waals surface area contributed by atoms with Crippen LogP contribution in [0, 0.1) is 10.1 Å². The molecule has 1 aromatic carbocycles. The standard InChI is InChI=1S/C8H5NO6.C6H15N/c10-7(11)4-2-1-3-5(9(14)15)6(4)8(12)13;1-4-7(5-2)6-3/h1-3H,(H,10,11)(H,12,13);4-6H2,1-3H3. The number of hydrogen-bond donors (Lipinski definition) is 2. The molecule has 0 bridgehead atoms. The first kappa shape index (κ1) is 19.5. The van der Waals surface area contributed by atoms with Gasteiger partial charge in [0.05, 0.1) is 10.5 Å². The van der Waals surface area contributed by atoms with Gasteiger partial charge in [0.25, 0.3) is 5.69 Å². The summed E-state index contributed by atoms with van der Waals surface area (Å²) in [5.74, 6) is -3.16. The molecule has 0 saturated carbocycles. The highest BCUT2D eigenvalue weighted by atomic mass is 16.6. The van der Waals surface area contributed by atoms with Crippen LogP contribution < -0.4 is 0 Å².